The van der Waals surface area contributed by atoms with Crippen LogP contribution >= 0.6 is 23.4 Å². The first-order valence-electron chi connectivity index (χ1n) is 9.12. The summed E-state index contributed by atoms with van der Waals surface area (Å²) in [7, 11) is 0. The standard InChI is InChI=1S/C20H23ClN4O2S/c1-28-17-4-2-3-16(11-17)23-19(26)13-25-9-7-14(8-10-25)20(27)24-18-6-5-15(21)12-22-18/h2-6,11-12,14H,7-10,13H2,1H3,(H,23,26)(H,22,24,27). The van der Waals surface area contributed by atoms with Gasteiger partial charge in [0.1, 0.15) is 5.82 Å². The third-order valence-electron chi connectivity index (χ3n) is 4.66. The molecular formula is C20H23ClN4O2S. The third kappa shape index (κ3) is 5.95. The second-order valence-corrected chi connectivity index (χ2v) is 8.00. The molecule has 28 heavy (non-hydrogen) atoms. The van der Waals surface area contributed by atoms with Crippen molar-refractivity contribution in [3.63, 3.8) is 0 Å². The number of halogens is 1. The van der Waals surface area contributed by atoms with Gasteiger partial charge in [0.05, 0.1) is 11.6 Å². The van der Waals surface area contributed by atoms with Crippen LogP contribution in [0.15, 0.2) is 47.5 Å². The number of benzene rings is 1. The molecular weight excluding hydrogens is 396 g/mol. The van der Waals surface area contributed by atoms with E-state index < -0.39 is 0 Å². The highest BCUT2D eigenvalue weighted by molar-refractivity contribution is 7.98. The average Bonchev–Trinajstić information content (AvgIpc) is 2.70. The molecule has 1 aliphatic rings. The van der Waals surface area contributed by atoms with Gasteiger partial charge in [-0.05, 0) is 62.5 Å². The molecule has 2 N–H and O–H groups in total. The van der Waals surface area contributed by atoms with Crippen molar-refractivity contribution >= 4 is 46.7 Å². The SMILES string of the molecule is CSc1cccc(NC(=O)CN2CCC(C(=O)Nc3ccc(Cl)cn3)CC2)c1. The van der Waals surface area contributed by atoms with Gasteiger partial charge in [0.2, 0.25) is 11.8 Å². The normalized spacial score (nSPS) is 15.2. The number of nitrogens with zero attached hydrogens (tertiary/aromatic N) is 2. The molecule has 8 heteroatoms. The lowest BCUT2D eigenvalue weighted by Gasteiger charge is -2.30. The van der Waals surface area contributed by atoms with Crippen molar-refractivity contribution in [2.45, 2.75) is 17.7 Å². The van der Waals surface area contributed by atoms with Crippen LogP contribution in [-0.4, -0.2) is 47.6 Å². The lowest BCUT2D eigenvalue weighted by atomic mass is 9.96. The molecule has 0 radical (unpaired) electrons. The average molecular weight is 419 g/mol. The number of carbonyl (C=O) groups is 2. The predicted octanol–water partition coefficient (Wildman–Crippen LogP) is 3.75. The van der Waals surface area contributed by atoms with Crippen molar-refractivity contribution in [2.75, 3.05) is 36.5 Å². The van der Waals surface area contributed by atoms with E-state index in [1.807, 2.05) is 30.5 Å². The van der Waals surface area contributed by atoms with Gasteiger partial charge in [0.15, 0.2) is 0 Å². The van der Waals surface area contributed by atoms with E-state index in [1.54, 1.807) is 23.9 Å². The highest BCUT2D eigenvalue weighted by Crippen LogP contribution is 2.21. The summed E-state index contributed by atoms with van der Waals surface area (Å²) in [6.45, 7) is 1.76. The fourth-order valence-corrected chi connectivity index (χ4v) is 3.71. The molecule has 2 amide bonds. The maximum Gasteiger partial charge on any atom is 0.238 e. The molecule has 2 heterocycles. The van der Waals surface area contributed by atoms with Crippen LogP contribution in [0.2, 0.25) is 5.02 Å². The Labute approximate surface area is 174 Å². The van der Waals surface area contributed by atoms with E-state index in [1.165, 1.54) is 6.20 Å². The van der Waals surface area contributed by atoms with Gasteiger partial charge in [-0.3, -0.25) is 14.5 Å². The van der Waals surface area contributed by atoms with Gasteiger partial charge in [0.25, 0.3) is 0 Å². The maximum atomic E-state index is 12.4. The lowest BCUT2D eigenvalue weighted by Crippen LogP contribution is -2.41. The topological polar surface area (TPSA) is 74.3 Å². The number of aromatic nitrogens is 1. The molecule has 2 aromatic rings. The van der Waals surface area contributed by atoms with Crippen LogP contribution in [0, 0.1) is 5.92 Å². The van der Waals surface area contributed by atoms with Crippen molar-refractivity contribution in [1.29, 1.82) is 0 Å². The van der Waals surface area contributed by atoms with Crippen LogP contribution in [0.3, 0.4) is 0 Å². The van der Waals surface area contributed by atoms with Crippen molar-refractivity contribution in [2.24, 2.45) is 5.92 Å². The molecule has 1 aromatic heterocycles. The molecule has 0 unspecified atom stereocenters. The van der Waals surface area contributed by atoms with E-state index in [9.17, 15) is 9.59 Å². The number of likely N-dealkylation sites (tertiary alicyclic amines) is 1. The lowest BCUT2D eigenvalue weighted by molar-refractivity contribution is -0.121. The summed E-state index contributed by atoms with van der Waals surface area (Å²) in [5.74, 6) is 0.359. The number of carbonyl (C=O) groups excluding carboxylic acids is 2. The second-order valence-electron chi connectivity index (χ2n) is 6.68. The quantitative estimate of drug-likeness (QED) is 0.699. The Morgan fingerprint density at radius 1 is 1.21 bits per heavy atom. The minimum absolute atomic E-state index is 0.0344. The Morgan fingerprint density at radius 2 is 2.00 bits per heavy atom. The highest BCUT2D eigenvalue weighted by atomic mass is 35.5. The Kier molecular flexibility index (Phi) is 7.30. The summed E-state index contributed by atoms with van der Waals surface area (Å²) in [6.07, 6.45) is 4.95. The van der Waals surface area contributed by atoms with Crippen molar-refractivity contribution in [3.8, 4) is 0 Å². The number of rotatable bonds is 6. The van der Waals surface area contributed by atoms with E-state index in [2.05, 4.69) is 20.5 Å². The van der Waals surface area contributed by atoms with Crippen molar-refractivity contribution in [1.82, 2.24) is 9.88 Å². The number of piperidine rings is 1. The molecule has 1 aliphatic heterocycles. The van der Waals surface area contributed by atoms with E-state index in [0.29, 0.717) is 43.3 Å². The number of anilines is 2. The van der Waals surface area contributed by atoms with Crippen LogP contribution in [0.1, 0.15) is 12.8 Å². The minimum atomic E-state index is -0.0740. The molecule has 3 rings (SSSR count). The van der Waals surface area contributed by atoms with Gasteiger partial charge >= 0.3 is 0 Å². The summed E-state index contributed by atoms with van der Waals surface area (Å²) in [6, 6.07) is 11.2. The molecule has 0 saturated carbocycles. The Balaban J connectivity index is 1.43. The van der Waals surface area contributed by atoms with E-state index in [-0.39, 0.29) is 17.7 Å². The van der Waals surface area contributed by atoms with Crippen molar-refractivity contribution < 1.29 is 9.59 Å². The number of pyridine rings is 1. The molecule has 0 atom stereocenters. The summed E-state index contributed by atoms with van der Waals surface area (Å²) in [5.41, 5.74) is 0.807. The summed E-state index contributed by atoms with van der Waals surface area (Å²) >= 11 is 7.45. The van der Waals surface area contributed by atoms with Crippen LogP contribution in [0.5, 0.6) is 0 Å². The minimum Gasteiger partial charge on any atom is -0.325 e. The van der Waals surface area contributed by atoms with E-state index >= 15 is 0 Å². The largest absolute Gasteiger partial charge is 0.325 e. The van der Waals surface area contributed by atoms with Gasteiger partial charge in [0, 0.05) is 22.7 Å². The Bertz CT molecular complexity index is 823. The first kappa shape index (κ1) is 20.6. The van der Waals surface area contributed by atoms with Crippen molar-refractivity contribution in [3.05, 3.63) is 47.6 Å². The van der Waals surface area contributed by atoms with E-state index in [4.69, 9.17) is 11.6 Å². The van der Waals surface area contributed by atoms with Gasteiger partial charge in [-0.15, -0.1) is 11.8 Å². The zero-order valence-electron chi connectivity index (χ0n) is 15.7. The molecule has 6 nitrogen and oxygen atoms in total. The van der Waals surface area contributed by atoms with Gasteiger partial charge in [-0.25, -0.2) is 4.98 Å². The number of nitrogens with one attached hydrogen (secondary N) is 2. The molecule has 148 valence electrons. The molecule has 0 bridgehead atoms. The zero-order chi connectivity index (χ0) is 19.9. The zero-order valence-corrected chi connectivity index (χ0v) is 17.2. The monoisotopic (exact) mass is 418 g/mol. The number of amides is 2. The second kappa shape index (κ2) is 9.91. The smallest absolute Gasteiger partial charge is 0.238 e. The van der Waals surface area contributed by atoms with Crippen LogP contribution in [0.25, 0.3) is 0 Å². The first-order valence-corrected chi connectivity index (χ1v) is 10.7. The van der Waals surface area contributed by atoms with Crippen LogP contribution < -0.4 is 10.6 Å². The molecule has 0 aliphatic carbocycles. The molecule has 1 fully saturated rings. The number of hydrogen-bond acceptors (Lipinski definition) is 5. The summed E-state index contributed by atoms with van der Waals surface area (Å²) in [5, 5.41) is 6.30. The number of thioether (sulfide) groups is 1. The van der Waals surface area contributed by atoms with Gasteiger partial charge in [-0.1, -0.05) is 17.7 Å². The third-order valence-corrected chi connectivity index (χ3v) is 5.61. The van der Waals surface area contributed by atoms with E-state index in [0.717, 1.165) is 10.6 Å². The van der Waals surface area contributed by atoms with Gasteiger partial charge < -0.3 is 10.6 Å². The maximum absolute atomic E-state index is 12.4. The first-order chi connectivity index (χ1) is 13.5. The molecule has 1 aromatic carbocycles. The summed E-state index contributed by atoms with van der Waals surface area (Å²) in [4.78, 5) is 32.0. The molecule has 0 spiro atoms. The fourth-order valence-electron chi connectivity index (χ4n) is 3.14. The Morgan fingerprint density at radius 3 is 2.68 bits per heavy atom. The molecule has 1 saturated heterocycles. The highest BCUT2D eigenvalue weighted by Gasteiger charge is 2.26. The number of hydrogen-bond donors (Lipinski definition) is 2. The Hall–Kier alpha value is -2.09. The van der Waals surface area contributed by atoms with Gasteiger partial charge in [-0.2, -0.15) is 0 Å². The predicted molar refractivity (Wildman–Crippen MR) is 114 cm³/mol. The summed E-state index contributed by atoms with van der Waals surface area (Å²) < 4.78 is 0. The fraction of sp³-hybridized carbons (Fsp3) is 0.350. The van der Waals surface area contributed by atoms with Crippen LogP contribution in [-0.2, 0) is 9.59 Å². The van der Waals surface area contributed by atoms with Crippen LogP contribution in [0.4, 0.5) is 11.5 Å².